The highest BCUT2D eigenvalue weighted by atomic mass is 15.6. The highest BCUT2D eigenvalue weighted by Gasteiger charge is 2.21. The van der Waals surface area contributed by atoms with Crippen LogP contribution in [0.25, 0.3) is 0 Å². The van der Waals surface area contributed by atoms with Gasteiger partial charge in [-0.1, -0.05) is 53.4 Å². The summed E-state index contributed by atoms with van der Waals surface area (Å²) in [6.45, 7) is 12.9. The number of aliphatic imine (C=N–C) groups is 2. The largest absolute Gasteiger partial charge is 0.341 e. The molecule has 0 aromatic carbocycles. The minimum atomic E-state index is -0.0679. The quantitative estimate of drug-likeness (QED) is 0.469. The highest BCUT2D eigenvalue weighted by Crippen LogP contribution is 2.08. The highest BCUT2D eigenvalue weighted by molar-refractivity contribution is 5.89. The van der Waals surface area contributed by atoms with E-state index >= 15 is 0 Å². The maximum Gasteiger partial charge on any atom is 0.225 e. The van der Waals surface area contributed by atoms with E-state index in [2.05, 4.69) is 48.3 Å². The molecular formula is C19H40N6. The predicted octanol–water partition coefficient (Wildman–Crippen LogP) is 3.57. The minimum absolute atomic E-state index is 0.0679. The summed E-state index contributed by atoms with van der Waals surface area (Å²) in [6, 6.07) is 0. The van der Waals surface area contributed by atoms with Crippen molar-refractivity contribution in [3.05, 3.63) is 0 Å². The molecule has 6 heteroatoms. The molecule has 1 aliphatic rings. The van der Waals surface area contributed by atoms with E-state index in [4.69, 9.17) is 4.99 Å². The number of hydrazine groups is 1. The molecule has 0 spiro atoms. The van der Waals surface area contributed by atoms with E-state index < -0.39 is 0 Å². The Morgan fingerprint density at radius 3 is 2.12 bits per heavy atom. The molecule has 0 amide bonds. The van der Waals surface area contributed by atoms with E-state index in [0.717, 1.165) is 45.0 Å². The first-order valence-corrected chi connectivity index (χ1v) is 10.4. The van der Waals surface area contributed by atoms with Crippen molar-refractivity contribution < 1.29 is 0 Å². The first kappa shape index (κ1) is 21.9. The fourth-order valence-electron chi connectivity index (χ4n) is 2.62. The Labute approximate surface area is 155 Å². The Hall–Kier alpha value is -1.14. The van der Waals surface area contributed by atoms with Crippen LogP contribution in [0.15, 0.2) is 9.98 Å². The molecule has 0 saturated carbocycles. The summed E-state index contributed by atoms with van der Waals surface area (Å²) in [5.41, 5.74) is 3.44. The van der Waals surface area contributed by atoms with Crippen LogP contribution in [0.4, 0.5) is 0 Å². The summed E-state index contributed by atoms with van der Waals surface area (Å²) in [5.74, 6) is 0.879. The predicted molar refractivity (Wildman–Crippen MR) is 109 cm³/mol. The summed E-state index contributed by atoms with van der Waals surface area (Å²) in [7, 11) is 0. The van der Waals surface area contributed by atoms with Crippen molar-refractivity contribution in [1.82, 2.24) is 20.7 Å². The number of rotatable bonds is 14. The van der Waals surface area contributed by atoms with Gasteiger partial charge in [0.25, 0.3) is 0 Å². The zero-order valence-electron chi connectivity index (χ0n) is 16.9. The van der Waals surface area contributed by atoms with Gasteiger partial charge in [0.15, 0.2) is 6.29 Å². The molecule has 0 saturated heterocycles. The van der Waals surface area contributed by atoms with Gasteiger partial charge in [-0.15, -0.1) is 0 Å². The van der Waals surface area contributed by atoms with Gasteiger partial charge in [-0.3, -0.25) is 10.3 Å². The van der Waals surface area contributed by atoms with Crippen molar-refractivity contribution in [2.45, 2.75) is 85.4 Å². The molecular weight excluding hydrogens is 312 g/mol. The fourth-order valence-corrected chi connectivity index (χ4v) is 2.62. The van der Waals surface area contributed by atoms with Crippen molar-refractivity contribution in [2.24, 2.45) is 9.98 Å². The van der Waals surface area contributed by atoms with E-state index in [9.17, 15) is 0 Å². The number of hydrogen-bond donors (Lipinski definition) is 2. The van der Waals surface area contributed by atoms with Gasteiger partial charge in [-0.05, 0) is 32.2 Å². The normalized spacial score (nSPS) is 17.0. The summed E-state index contributed by atoms with van der Waals surface area (Å²) < 4.78 is 0. The number of nitrogens with zero attached hydrogens (tertiary/aromatic N) is 4. The topological polar surface area (TPSA) is 55.3 Å². The van der Waals surface area contributed by atoms with Crippen LogP contribution in [-0.2, 0) is 0 Å². The van der Waals surface area contributed by atoms with Gasteiger partial charge in [0.2, 0.25) is 5.96 Å². The second-order valence-electron chi connectivity index (χ2n) is 6.72. The fraction of sp³-hybridized carbons (Fsp3) is 0.895. The Balaban J connectivity index is 2.75. The third-order valence-electron chi connectivity index (χ3n) is 4.33. The van der Waals surface area contributed by atoms with E-state index in [1.807, 2.05) is 11.3 Å². The molecule has 2 N–H and O–H groups in total. The van der Waals surface area contributed by atoms with Gasteiger partial charge in [-0.2, -0.15) is 0 Å². The zero-order chi connectivity index (χ0) is 18.3. The molecule has 1 heterocycles. The monoisotopic (exact) mass is 352 g/mol. The second kappa shape index (κ2) is 14.1. The SMILES string of the molecule is CCCCNC1N=C(N(CCCC)CCCC)N=CN1NCCCC. The van der Waals surface area contributed by atoms with Crippen molar-refractivity contribution in [3.63, 3.8) is 0 Å². The molecule has 25 heavy (non-hydrogen) atoms. The summed E-state index contributed by atoms with van der Waals surface area (Å²) in [6.07, 6.45) is 11.3. The van der Waals surface area contributed by atoms with Crippen LogP contribution < -0.4 is 10.7 Å². The summed E-state index contributed by atoms with van der Waals surface area (Å²) in [4.78, 5) is 11.9. The summed E-state index contributed by atoms with van der Waals surface area (Å²) in [5, 5.41) is 5.58. The molecule has 1 rings (SSSR count). The molecule has 0 bridgehead atoms. The lowest BCUT2D eigenvalue weighted by molar-refractivity contribution is 0.198. The third-order valence-corrected chi connectivity index (χ3v) is 4.33. The van der Waals surface area contributed by atoms with Crippen LogP contribution in [0.3, 0.4) is 0 Å². The smallest absolute Gasteiger partial charge is 0.225 e. The van der Waals surface area contributed by atoms with Gasteiger partial charge in [0.05, 0.1) is 0 Å². The molecule has 0 fully saturated rings. The standard InChI is InChI=1S/C19H40N6/c1-5-9-13-20-19-23-18(21-17-25(19)22-14-10-6-2)24(15-11-7-3)16-12-8-4/h17,19-20,22H,5-16H2,1-4H3. The first-order valence-electron chi connectivity index (χ1n) is 10.4. The number of nitrogens with one attached hydrogen (secondary N) is 2. The van der Waals surface area contributed by atoms with Crippen LogP contribution in [0.5, 0.6) is 0 Å². The van der Waals surface area contributed by atoms with E-state index in [1.165, 1.54) is 38.5 Å². The van der Waals surface area contributed by atoms with E-state index in [-0.39, 0.29) is 6.29 Å². The Morgan fingerprint density at radius 2 is 1.52 bits per heavy atom. The van der Waals surface area contributed by atoms with Crippen molar-refractivity contribution in [3.8, 4) is 0 Å². The van der Waals surface area contributed by atoms with Gasteiger partial charge in [-0.25, -0.2) is 15.4 Å². The van der Waals surface area contributed by atoms with Crippen LogP contribution in [0, 0.1) is 0 Å². The minimum Gasteiger partial charge on any atom is -0.341 e. The van der Waals surface area contributed by atoms with Crippen LogP contribution in [-0.4, -0.2) is 54.7 Å². The molecule has 6 nitrogen and oxygen atoms in total. The van der Waals surface area contributed by atoms with Crippen molar-refractivity contribution >= 4 is 12.3 Å². The Kier molecular flexibility index (Phi) is 12.3. The van der Waals surface area contributed by atoms with Gasteiger partial charge >= 0.3 is 0 Å². The molecule has 0 radical (unpaired) electrons. The van der Waals surface area contributed by atoms with Gasteiger partial charge < -0.3 is 4.90 Å². The van der Waals surface area contributed by atoms with Crippen LogP contribution in [0.2, 0.25) is 0 Å². The maximum atomic E-state index is 4.92. The van der Waals surface area contributed by atoms with Gasteiger partial charge in [0, 0.05) is 19.6 Å². The van der Waals surface area contributed by atoms with Crippen molar-refractivity contribution in [2.75, 3.05) is 26.2 Å². The zero-order valence-corrected chi connectivity index (χ0v) is 16.9. The Bertz CT molecular complexity index is 374. The second-order valence-corrected chi connectivity index (χ2v) is 6.72. The van der Waals surface area contributed by atoms with Crippen LogP contribution >= 0.6 is 0 Å². The lowest BCUT2D eigenvalue weighted by atomic mass is 10.3. The number of unbranched alkanes of at least 4 members (excludes halogenated alkanes) is 4. The molecule has 146 valence electrons. The molecule has 1 aliphatic heterocycles. The first-order chi connectivity index (χ1) is 12.3. The Morgan fingerprint density at radius 1 is 0.920 bits per heavy atom. The molecule has 0 aromatic heterocycles. The lowest BCUT2D eigenvalue weighted by Crippen LogP contribution is -2.54. The average Bonchev–Trinajstić information content (AvgIpc) is 2.63. The van der Waals surface area contributed by atoms with Gasteiger partial charge in [0.1, 0.15) is 6.34 Å². The molecule has 0 aliphatic carbocycles. The third kappa shape index (κ3) is 8.68. The number of hydrogen-bond acceptors (Lipinski definition) is 6. The summed E-state index contributed by atoms with van der Waals surface area (Å²) >= 11 is 0. The number of guanidine groups is 1. The van der Waals surface area contributed by atoms with E-state index in [1.54, 1.807) is 0 Å². The lowest BCUT2D eigenvalue weighted by Gasteiger charge is -2.33. The molecule has 1 atom stereocenters. The van der Waals surface area contributed by atoms with E-state index in [0.29, 0.717) is 0 Å². The maximum absolute atomic E-state index is 4.92. The van der Waals surface area contributed by atoms with Crippen LogP contribution in [0.1, 0.15) is 79.1 Å². The van der Waals surface area contributed by atoms with Crippen molar-refractivity contribution in [1.29, 1.82) is 0 Å². The average molecular weight is 353 g/mol. The molecule has 1 unspecified atom stereocenters. The molecule has 0 aromatic rings.